The minimum atomic E-state index is -1.34. The van der Waals surface area contributed by atoms with E-state index in [9.17, 15) is 0 Å². The Bertz CT molecular complexity index is 2330. The van der Waals surface area contributed by atoms with Crippen molar-refractivity contribution in [1.29, 1.82) is 0 Å². The average molecular weight is 848 g/mol. The van der Waals surface area contributed by atoms with Crippen LogP contribution in [0.4, 0.5) is 0 Å². The van der Waals surface area contributed by atoms with Crippen molar-refractivity contribution in [3.63, 3.8) is 0 Å². The van der Waals surface area contributed by atoms with Gasteiger partial charge in [0.15, 0.2) is 0 Å². The summed E-state index contributed by atoms with van der Waals surface area (Å²) in [7, 11) is -1.34. The molecule has 3 nitrogen and oxygen atoms in total. The van der Waals surface area contributed by atoms with Gasteiger partial charge in [-0.1, -0.05) is 170 Å². The van der Waals surface area contributed by atoms with E-state index < -0.39 is 7.92 Å². The second-order valence-electron chi connectivity index (χ2n) is 16.3. The Morgan fingerprint density at radius 2 is 0.946 bits per heavy atom. The molecule has 5 heteroatoms. The van der Waals surface area contributed by atoms with Gasteiger partial charge >= 0.3 is 20.4 Å². The van der Waals surface area contributed by atoms with E-state index in [1.165, 1.54) is 37.4 Å². The third kappa shape index (κ3) is 7.27. The molecule has 0 atom stereocenters. The van der Waals surface area contributed by atoms with Crippen molar-refractivity contribution in [2.24, 2.45) is 0 Å². The van der Waals surface area contributed by atoms with E-state index in [1.54, 1.807) is 21.8 Å². The fraction of sp³-hybridized carbons (Fsp3) is 0.294. The standard InChI is InChI=1S/C45H39N2OP.C6H14.Pd/c1-44(2)38-27-23-34(46-38)40(29-15-8-5-9-16-29)36-25-26-37(48-36)41(30-17-10-6-11-18-30)35-24-28-39(47-35)45(3,4)43-33-22-14-21-32(33)42(44)49(43)31-19-12-7-13-20-31;1-3-5-6-4-2;/h5-13,15-20,23-28H,14,21-22H2,1-4H3;3-6H2,1-2H3;/q-2;;+2/p+1/b40-36-,41-37-;;. The summed E-state index contributed by atoms with van der Waals surface area (Å²) in [5.74, 6) is 0. The molecule has 3 aromatic carbocycles. The Labute approximate surface area is 348 Å². The van der Waals surface area contributed by atoms with E-state index in [-0.39, 0.29) is 31.3 Å². The van der Waals surface area contributed by atoms with Crippen LogP contribution < -0.4 is 26.1 Å². The van der Waals surface area contributed by atoms with Crippen molar-refractivity contribution >= 4 is 24.4 Å². The molecule has 1 fully saturated rings. The number of nitrogens with zero attached hydrogens (tertiary/aromatic N) is 2. The predicted molar refractivity (Wildman–Crippen MR) is 232 cm³/mol. The Hall–Kier alpha value is -4.19. The minimum Gasteiger partial charge on any atom is -0.660 e. The number of allylic oxidation sites excluding steroid dienone is 4. The molecule has 0 spiro atoms. The van der Waals surface area contributed by atoms with Crippen molar-refractivity contribution in [2.45, 2.75) is 97.3 Å². The summed E-state index contributed by atoms with van der Waals surface area (Å²) in [5, 5.41) is 4.64. The van der Waals surface area contributed by atoms with Gasteiger partial charge in [0.1, 0.15) is 16.1 Å². The monoisotopic (exact) mass is 847 g/mol. The Morgan fingerprint density at radius 3 is 1.36 bits per heavy atom. The van der Waals surface area contributed by atoms with Gasteiger partial charge in [-0.25, -0.2) is 0 Å². The van der Waals surface area contributed by atoms with Crippen LogP contribution in [-0.4, -0.2) is 0 Å². The molecule has 8 bridgehead atoms. The molecule has 56 heavy (non-hydrogen) atoms. The number of aromatic nitrogens is 2. The van der Waals surface area contributed by atoms with Gasteiger partial charge in [-0.2, -0.15) is 0 Å². The molecule has 0 saturated heterocycles. The van der Waals surface area contributed by atoms with Crippen LogP contribution in [0.15, 0.2) is 154 Å². The van der Waals surface area contributed by atoms with Gasteiger partial charge in [-0.15, -0.1) is 22.8 Å². The number of rotatable bonds is 6. The minimum absolute atomic E-state index is 0. The molecule has 3 aromatic heterocycles. The number of benzene rings is 3. The molecule has 0 unspecified atom stereocenters. The summed E-state index contributed by atoms with van der Waals surface area (Å²) < 4.78 is 6.88. The Morgan fingerprint density at radius 1 is 0.536 bits per heavy atom. The van der Waals surface area contributed by atoms with E-state index in [0.29, 0.717) is 0 Å². The second-order valence-corrected chi connectivity index (χ2v) is 18.7. The molecular formula is C51H54N2OPPd+. The molecule has 0 amide bonds. The normalized spacial score (nSPS) is 19.9. The van der Waals surface area contributed by atoms with Crippen LogP contribution in [0.5, 0.6) is 0 Å². The molecule has 1 aliphatic carbocycles. The molecule has 9 rings (SSSR count). The molecular weight excluding hydrogens is 794 g/mol. The summed E-state index contributed by atoms with van der Waals surface area (Å²) in [6, 6.07) is 45.6. The molecule has 3 aliphatic rings. The predicted octanol–water partition coefficient (Wildman–Crippen LogP) is 11.1. The Balaban J connectivity index is 0.000000639. The second kappa shape index (κ2) is 16.7. The van der Waals surface area contributed by atoms with E-state index in [2.05, 4.69) is 169 Å². The van der Waals surface area contributed by atoms with E-state index in [1.807, 2.05) is 0 Å². The number of fused-ring (bicyclic) bond motifs is 9. The largest absolute Gasteiger partial charge is 2.00 e. The number of furan rings is 1. The molecule has 5 heterocycles. The number of unbranched alkanes of at least 4 members (excludes halogenated alkanes) is 3. The van der Waals surface area contributed by atoms with E-state index >= 15 is 0 Å². The molecule has 288 valence electrons. The van der Waals surface area contributed by atoms with Crippen molar-refractivity contribution in [3.05, 3.63) is 194 Å². The zero-order chi connectivity index (χ0) is 38.2. The molecule has 1 saturated carbocycles. The number of hydrogen-bond acceptors (Lipinski definition) is 1. The van der Waals surface area contributed by atoms with Gasteiger partial charge in [0.05, 0.1) is 18.5 Å². The summed E-state index contributed by atoms with van der Waals surface area (Å²) >= 11 is 0. The first-order valence-electron chi connectivity index (χ1n) is 20.4. The van der Waals surface area contributed by atoms with Gasteiger partial charge < -0.3 is 14.4 Å². The fourth-order valence-corrected chi connectivity index (χ4v) is 13.1. The van der Waals surface area contributed by atoms with Crippen molar-refractivity contribution in [3.8, 4) is 0 Å². The van der Waals surface area contributed by atoms with Crippen LogP contribution >= 0.6 is 7.92 Å². The van der Waals surface area contributed by atoms with Gasteiger partial charge in [0.25, 0.3) is 0 Å². The maximum Gasteiger partial charge on any atom is 2.00 e. The molecule has 2 aliphatic heterocycles. The first kappa shape index (κ1) is 40.0. The van der Waals surface area contributed by atoms with Crippen LogP contribution in [0.2, 0.25) is 0 Å². The Kier molecular flexibility index (Phi) is 12.0. The van der Waals surface area contributed by atoms with Gasteiger partial charge in [-0.05, 0) is 65.8 Å². The molecule has 0 N–H and O–H groups in total. The van der Waals surface area contributed by atoms with Crippen molar-refractivity contribution in [1.82, 2.24) is 9.97 Å². The van der Waals surface area contributed by atoms with Gasteiger partial charge in [-0.3, -0.25) is 0 Å². The van der Waals surface area contributed by atoms with Crippen LogP contribution in [0.1, 0.15) is 120 Å². The first-order chi connectivity index (χ1) is 26.7. The zero-order valence-corrected chi connectivity index (χ0v) is 36.2. The molecule has 6 aromatic rings. The third-order valence-corrected chi connectivity index (χ3v) is 15.7. The van der Waals surface area contributed by atoms with Gasteiger partial charge in [0.2, 0.25) is 0 Å². The smallest absolute Gasteiger partial charge is 0.660 e. The first-order valence-corrected chi connectivity index (χ1v) is 21.9. The van der Waals surface area contributed by atoms with Gasteiger partial charge in [0, 0.05) is 22.0 Å². The quantitative estimate of drug-likeness (QED) is 0.0953. The van der Waals surface area contributed by atoms with Crippen LogP contribution in [0, 0.1) is 0 Å². The number of hydrogen-bond donors (Lipinski definition) is 0. The average Bonchev–Trinajstić information content (AvgIpc) is 4.05. The zero-order valence-electron chi connectivity index (χ0n) is 33.7. The van der Waals surface area contributed by atoms with Crippen molar-refractivity contribution in [2.75, 3.05) is 0 Å². The third-order valence-electron chi connectivity index (χ3n) is 11.9. The van der Waals surface area contributed by atoms with Crippen LogP contribution in [-0.2, 0) is 31.3 Å². The van der Waals surface area contributed by atoms with E-state index in [0.717, 1.165) is 68.7 Å². The summed E-state index contributed by atoms with van der Waals surface area (Å²) in [6.45, 7) is 14.1. The van der Waals surface area contributed by atoms with Crippen molar-refractivity contribution < 1.29 is 24.8 Å². The molecule has 0 radical (unpaired) electrons. The van der Waals surface area contributed by atoms with E-state index in [4.69, 9.17) is 14.4 Å². The summed E-state index contributed by atoms with van der Waals surface area (Å²) in [6.07, 6.45) is 8.99. The SMILES string of the molecule is CC1(C)C2=C3CCCC3=C([PH+]2c2ccccc2)C(C)(C)c2ccc([n-]2)/C(c2ccccc2)=c2/cc/c(o2)=C(\c2ccccc2)c2ccc1[n-]2.CCCCCC.[Pd+2]. The summed E-state index contributed by atoms with van der Waals surface area (Å²) in [5.41, 5.74) is 12.5. The van der Waals surface area contributed by atoms with Crippen LogP contribution in [0.25, 0.3) is 11.1 Å². The topological polar surface area (TPSA) is 41.3 Å². The maximum atomic E-state index is 6.88. The van der Waals surface area contributed by atoms with Crippen LogP contribution in [0.3, 0.4) is 0 Å². The fourth-order valence-electron chi connectivity index (χ4n) is 9.10. The summed E-state index contributed by atoms with van der Waals surface area (Å²) in [4.78, 5) is 11.0. The maximum absolute atomic E-state index is 6.88.